The number of hydrogen-bond acceptors (Lipinski definition) is 6. The van der Waals surface area contributed by atoms with Crippen molar-refractivity contribution in [3.8, 4) is 0 Å². The molecule has 1 saturated heterocycles. The van der Waals surface area contributed by atoms with E-state index in [4.69, 9.17) is 0 Å². The summed E-state index contributed by atoms with van der Waals surface area (Å²) < 4.78 is 28.3. The zero-order chi connectivity index (χ0) is 22.3. The van der Waals surface area contributed by atoms with E-state index in [9.17, 15) is 33.6 Å². The van der Waals surface area contributed by atoms with E-state index in [0.29, 0.717) is 4.88 Å². The van der Waals surface area contributed by atoms with Crippen LogP contribution in [-0.4, -0.2) is 21.7 Å². The summed E-state index contributed by atoms with van der Waals surface area (Å²) in [6, 6.07) is 9.37. The van der Waals surface area contributed by atoms with Crippen LogP contribution in [0.1, 0.15) is 16.5 Å². The van der Waals surface area contributed by atoms with E-state index < -0.39 is 45.7 Å². The summed E-state index contributed by atoms with van der Waals surface area (Å²) >= 11 is 1.14. The number of thiophene rings is 1. The molecule has 156 valence electrons. The van der Waals surface area contributed by atoms with Gasteiger partial charge >= 0.3 is 0 Å². The molecule has 31 heavy (non-hydrogen) atoms. The number of Topliss-reactive ketones (excluding diaryl/α,β-unsaturated/α-hetero) is 1. The summed E-state index contributed by atoms with van der Waals surface area (Å²) in [5.41, 5.74) is -1.23. The Morgan fingerprint density at radius 3 is 2.55 bits per heavy atom. The number of aliphatic hydroxyl groups excluding tert-OH is 1. The van der Waals surface area contributed by atoms with Crippen LogP contribution in [0.25, 0.3) is 5.76 Å². The molecule has 1 amide bonds. The number of nitro groups is 1. The smallest absolute Gasteiger partial charge is 0.300 e. The van der Waals surface area contributed by atoms with Gasteiger partial charge in [-0.2, -0.15) is 0 Å². The fourth-order valence-electron chi connectivity index (χ4n) is 3.39. The topological polar surface area (TPSA) is 101 Å². The molecular weight excluding hydrogens is 430 g/mol. The monoisotopic (exact) mass is 442 g/mol. The molecule has 1 N–H and O–H groups in total. The van der Waals surface area contributed by atoms with Crippen LogP contribution in [0, 0.1) is 21.7 Å². The lowest BCUT2D eigenvalue weighted by Crippen LogP contribution is -2.30. The number of nitro benzene ring substituents is 1. The Bertz CT molecular complexity index is 1260. The molecule has 3 aromatic rings. The number of non-ortho nitro benzene ring substituents is 1. The number of amides is 1. The number of anilines is 1. The molecule has 10 heteroatoms. The Labute approximate surface area is 177 Å². The van der Waals surface area contributed by atoms with Crippen molar-refractivity contribution >= 4 is 40.2 Å². The number of rotatable bonds is 4. The highest BCUT2D eigenvalue weighted by atomic mass is 32.1. The first-order chi connectivity index (χ1) is 14.8. The Morgan fingerprint density at radius 2 is 1.87 bits per heavy atom. The van der Waals surface area contributed by atoms with Crippen LogP contribution in [0.15, 0.2) is 65.6 Å². The number of aliphatic hydroxyl groups is 1. The van der Waals surface area contributed by atoms with Gasteiger partial charge in [0.05, 0.1) is 16.2 Å². The predicted octanol–water partition coefficient (Wildman–Crippen LogP) is 4.56. The summed E-state index contributed by atoms with van der Waals surface area (Å²) in [5.74, 6) is -4.68. The molecule has 1 aliphatic heterocycles. The van der Waals surface area contributed by atoms with Gasteiger partial charge in [-0.05, 0) is 23.6 Å². The van der Waals surface area contributed by atoms with Crippen LogP contribution in [0.3, 0.4) is 0 Å². The van der Waals surface area contributed by atoms with Gasteiger partial charge in [-0.1, -0.05) is 18.2 Å². The van der Waals surface area contributed by atoms with Gasteiger partial charge in [-0.15, -0.1) is 11.3 Å². The fraction of sp³-hybridized carbons (Fsp3) is 0.0476. The van der Waals surface area contributed by atoms with E-state index in [1.165, 1.54) is 18.2 Å². The molecule has 0 bridgehead atoms. The second-order valence-corrected chi connectivity index (χ2v) is 7.57. The third kappa shape index (κ3) is 3.46. The maximum atomic E-state index is 14.5. The second kappa shape index (κ2) is 7.73. The van der Waals surface area contributed by atoms with E-state index in [0.717, 1.165) is 40.5 Å². The van der Waals surface area contributed by atoms with Crippen molar-refractivity contribution in [1.29, 1.82) is 0 Å². The number of benzene rings is 2. The zero-order valence-electron chi connectivity index (χ0n) is 15.5. The van der Waals surface area contributed by atoms with Gasteiger partial charge in [-0.3, -0.25) is 24.6 Å². The van der Waals surface area contributed by atoms with Crippen LogP contribution in [-0.2, 0) is 9.59 Å². The highest BCUT2D eigenvalue weighted by Crippen LogP contribution is 2.44. The van der Waals surface area contributed by atoms with Crippen LogP contribution >= 0.6 is 11.3 Å². The molecule has 0 aliphatic carbocycles. The molecule has 2 aromatic carbocycles. The lowest BCUT2D eigenvalue weighted by atomic mass is 9.99. The zero-order valence-corrected chi connectivity index (χ0v) is 16.3. The van der Waals surface area contributed by atoms with Gasteiger partial charge < -0.3 is 5.11 Å². The fourth-order valence-corrected chi connectivity index (χ4v) is 4.21. The van der Waals surface area contributed by atoms with Gasteiger partial charge in [-0.25, -0.2) is 8.78 Å². The molecule has 1 aromatic heterocycles. The first-order valence-corrected chi connectivity index (χ1v) is 9.72. The lowest BCUT2D eigenvalue weighted by Gasteiger charge is -2.24. The standard InChI is InChI=1S/C21H12F2N2O5S/c22-12-6-7-14(23)15(10-12)24-18(16-5-2-8-31-16)17(20(27)21(24)28)19(26)11-3-1-4-13(9-11)25(29)30/h1-10,18,26H/b19-17-. The number of ketones is 1. The average molecular weight is 442 g/mol. The molecular formula is C21H12F2N2O5S. The molecule has 0 spiro atoms. The van der Waals surface area contributed by atoms with Crippen molar-refractivity contribution in [1.82, 2.24) is 0 Å². The minimum absolute atomic E-state index is 0.0616. The maximum absolute atomic E-state index is 14.5. The molecule has 0 saturated carbocycles. The highest BCUT2D eigenvalue weighted by molar-refractivity contribution is 7.10. The first-order valence-electron chi connectivity index (χ1n) is 8.84. The molecule has 1 atom stereocenters. The number of carbonyl (C=O) groups excluding carboxylic acids is 2. The van der Waals surface area contributed by atoms with E-state index >= 15 is 0 Å². The molecule has 1 fully saturated rings. The van der Waals surface area contributed by atoms with Crippen molar-refractivity contribution in [2.75, 3.05) is 4.90 Å². The van der Waals surface area contributed by atoms with Crippen molar-refractivity contribution in [3.05, 3.63) is 97.7 Å². The predicted molar refractivity (Wildman–Crippen MR) is 109 cm³/mol. The molecule has 1 unspecified atom stereocenters. The van der Waals surface area contributed by atoms with Gasteiger partial charge in [0.15, 0.2) is 0 Å². The number of carbonyl (C=O) groups is 2. The number of hydrogen-bond donors (Lipinski definition) is 1. The van der Waals surface area contributed by atoms with Crippen LogP contribution in [0.4, 0.5) is 20.2 Å². The van der Waals surface area contributed by atoms with Crippen molar-refractivity contribution in [2.24, 2.45) is 0 Å². The van der Waals surface area contributed by atoms with E-state index in [-0.39, 0.29) is 16.8 Å². The summed E-state index contributed by atoms with van der Waals surface area (Å²) in [5, 5.41) is 23.6. The molecule has 1 aliphatic rings. The number of halogens is 2. The molecule has 2 heterocycles. The lowest BCUT2D eigenvalue weighted by molar-refractivity contribution is -0.384. The third-order valence-corrected chi connectivity index (χ3v) is 5.68. The Balaban J connectivity index is 1.95. The van der Waals surface area contributed by atoms with Gasteiger partial charge in [0, 0.05) is 28.6 Å². The molecule has 7 nitrogen and oxygen atoms in total. The van der Waals surface area contributed by atoms with E-state index in [1.54, 1.807) is 17.5 Å². The Kier molecular flexibility index (Phi) is 5.07. The Hall–Kier alpha value is -3.92. The summed E-state index contributed by atoms with van der Waals surface area (Å²) in [6.45, 7) is 0. The van der Waals surface area contributed by atoms with E-state index in [2.05, 4.69) is 0 Å². The quantitative estimate of drug-likeness (QED) is 0.210. The average Bonchev–Trinajstić information content (AvgIpc) is 3.37. The van der Waals surface area contributed by atoms with Gasteiger partial charge in [0.25, 0.3) is 17.4 Å². The normalized spacial score (nSPS) is 17.9. The van der Waals surface area contributed by atoms with Crippen LogP contribution in [0.5, 0.6) is 0 Å². The number of nitrogens with zero attached hydrogens (tertiary/aromatic N) is 2. The second-order valence-electron chi connectivity index (χ2n) is 6.59. The third-order valence-electron chi connectivity index (χ3n) is 4.76. The van der Waals surface area contributed by atoms with Gasteiger partial charge in [0.1, 0.15) is 23.4 Å². The minimum Gasteiger partial charge on any atom is -0.507 e. The molecule has 0 radical (unpaired) electrons. The minimum atomic E-state index is -1.24. The largest absolute Gasteiger partial charge is 0.507 e. The van der Waals surface area contributed by atoms with Crippen LogP contribution in [0.2, 0.25) is 0 Å². The SMILES string of the molecule is O=C1C(=O)N(c2cc(F)ccc2F)C(c2cccs2)/C1=C(/O)c1cccc([N+](=O)[O-])c1. The van der Waals surface area contributed by atoms with Crippen molar-refractivity contribution in [3.63, 3.8) is 0 Å². The van der Waals surface area contributed by atoms with Crippen LogP contribution < -0.4 is 4.90 Å². The van der Waals surface area contributed by atoms with E-state index in [1.807, 2.05) is 0 Å². The first kappa shape index (κ1) is 20.4. The van der Waals surface area contributed by atoms with Crippen molar-refractivity contribution < 1.29 is 28.4 Å². The Morgan fingerprint density at radius 1 is 1.10 bits per heavy atom. The van der Waals surface area contributed by atoms with Crippen molar-refractivity contribution in [2.45, 2.75) is 6.04 Å². The summed E-state index contributed by atoms with van der Waals surface area (Å²) in [4.78, 5) is 37.3. The molecule has 4 rings (SSSR count). The summed E-state index contributed by atoms with van der Waals surface area (Å²) in [6.07, 6.45) is 0. The maximum Gasteiger partial charge on any atom is 0.300 e. The van der Waals surface area contributed by atoms with Gasteiger partial charge in [0.2, 0.25) is 0 Å². The summed E-state index contributed by atoms with van der Waals surface area (Å²) in [7, 11) is 0. The highest BCUT2D eigenvalue weighted by Gasteiger charge is 2.48.